The van der Waals surface area contributed by atoms with E-state index in [-0.39, 0.29) is 0 Å². The molecule has 0 bridgehead atoms. The van der Waals surface area contributed by atoms with Crippen molar-refractivity contribution < 1.29 is 19.5 Å². The van der Waals surface area contributed by atoms with Crippen molar-refractivity contribution in [3.63, 3.8) is 0 Å². The summed E-state index contributed by atoms with van der Waals surface area (Å²) in [6, 6.07) is 0. The van der Waals surface area contributed by atoms with Gasteiger partial charge in [-0.2, -0.15) is 0 Å². The number of rotatable bonds is 16. The van der Waals surface area contributed by atoms with Crippen LogP contribution in [-0.4, -0.2) is 54.5 Å². The number of quaternary nitrogens is 1. The first-order chi connectivity index (χ1) is 10.5. The van der Waals surface area contributed by atoms with Crippen LogP contribution in [0.1, 0.15) is 77.0 Å². The lowest BCUT2D eigenvalue weighted by molar-refractivity contribution is -0.890. The largest absolute Gasteiger partial charge is 0.481 e. The zero-order chi connectivity index (χ0) is 16.7. The minimum atomic E-state index is -0.684. The van der Waals surface area contributed by atoms with Gasteiger partial charge in [-0.15, -0.1) is 0 Å². The number of carbonyl (C=O) groups is 1. The molecule has 0 aromatic carbocycles. The average molecular weight is 317 g/mol. The summed E-state index contributed by atoms with van der Waals surface area (Å²) in [7, 11) is 4.41. The summed E-state index contributed by atoms with van der Waals surface area (Å²) >= 11 is 0. The summed E-state index contributed by atoms with van der Waals surface area (Å²) in [5.74, 6) is -0.684. The monoisotopic (exact) mass is 316 g/mol. The zero-order valence-electron chi connectivity index (χ0n) is 14.9. The number of unbranched alkanes of at least 4 members (excludes halogenated alkanes) is 9. The summed E-state index contributed by atoms with van der Waals surface area (Å²) in [4.78, 5) is 10.5. The second-order valence-corrected chi connectivity index (χ2v) is 7.14. The molecule has 0 fully saturated rings. The first-order valence-electron chi connectivity index (χ1n) is 9.12. The molecule has 22 heavy (non-hydrogen) atoms. The summed E-state index contributed by atoms with van der Waals surface area (Å²) in [5, 5.41) is 17.4. The molecule has 0 amide bonds. The fourth-order valence-corrected chi connectivity index (χ4v) is 2.84. The number of aliphatic carboxylic acids is 1. The molecule has 0 saturated carbocycles. The van der Waals surface area contributed by atoms with Crippen LogP contribution >= 0.6 is 0 Å². The lowest BCUT2D eigenvalue weighted by Crippen LogP contribution is -2.41. The third kappa shape index (κ3) is 15.8. The van der Waals surface area contributed by atoms with Gasteiger partial charge in [-0.1, -0.05) is 44.9 Å². The molecule has 0 aliphatic heterocycles. The number of aliphatic hydroxyl groups is 1. The minimum Gasteiger partial charge on any atom is -0.481 e. The van der Waals surface area contributed by atoms with Gasteiger partial charge in [0.1, 0.15) is 0 Å². The quantitative estimate of drug-likeness (QED) is 0.336. The van der Waals surface area contributed by atoms with Crippen LogP contribution in [0.5, 0.6) is 0 Å². The van der Waals surface area contributed by atoms with Gasteiger partial charge in [0.25, 0.3) is 0 Å². The highest BCUT2D eigenvalue weighted by Crippen LogP contribution is 2.12. The van der Waals surface area contributed by atoms with Crippen LogP contribution in [0.2, 0.25) is 0 Å². The number of aliphatic hydroxyl groups excluding tert-OH is 1. The van der Waals surface area contributed by atoms with Gasteiger partial charge in [-0.25, -0.2) is 0 Å². The molecule has 2 N–H and O–H groups in total. The molecule has 0 unspecified atom stereocenters. The van der Waals surface area contributed by atoms with E-state index in [1.54, 1.807) is 0 Å². The first kappa shape index (κ1) is 21.4. The van der Waals surface area contributed by atoms with Crippen LogP contribution in [0.15, 0.2) is 0 Å². The van der Waals surface area contributed by atoms with Crippen molar-refractivity contribution in [3.05, 3.63) is 0 Å². The van der Waals surface area contributed by atoms with Crippen molar-refractivity contribution in [3.8, 4) is 0 Å². The fourth-order valence-electron chi connectivity index (χ4n) is 2.84. The molecule has 132 valence electrons. The van der Waals surface area contributed by atoms with Gasteiger partial charge in [-0.05, 0) is 19.3 Å². The van der Waals surface area contributed by atoms with Gasteiger partial charge in [0.2, 0.25) is 0 Å². The Morgan fingerprint density at radius 2 is 1.14 bits per heavy atom. The number of nitrogens with zero attached hydrogens (tertiary/aromatic N) is 1. The van der Waals surface area contributed by atoms with Crippen LogP contribution in [0.3, 0.4) is 0 Å². The second kappa shape index (κ2) is 14.0. The topological polar surface area (TPSA) is 57.5 Å². The third-order valence-corrected chi connectivity index (χ3v) is 4.33. The van der Waals surface area contributed by atoms with E-state index in [2.05, 4.69) is 14.1 Å². The Hall–Kier alpha value is -0.610. The van der Waals surface area contributed by atoms with Crippen LogP contribution in [-0.2, 0) is 4.79 Å². The van der Waals surface area contributed by atoms with Gasteiger partial charge in [0, 0.05) is 13.0 Å². The molecule has 0 spiro atoms. The molecule has 0 aliphatic carbocycles. The smallest absolute Gasteiger partial charge is 0.303 e. The summed E-state index contributed by atoms with van der Waals surface area (Å²) in [6.07, 6.45) is 13.7. The van der Waals surface area contributed by atoms with E-state index >= 15 is 0 Å². The fraction of sp³-hybridized carbons (Fsp3) is 0.944. The van der Waals surface area contributed by atoms with Crippen LogP contribution in [0.4, 0.5) is 0 Å². The molecule has 0 aromatic rings. The highest BCUT2D eigenvalue weighted by molar-refractivity contribution is 5.66. The number of hydrogen-bond donors (Lipinski definition) is 2. The van der Waals surface area contributed by atoms with Crippen molar-refractivity contribution in [1.82, 2.24) is 0 Å². The van der Waals surface area contributed by atoms with Crippen molar-refractivity contribution in [1.29, 1.82) is 0 Å². The lowest BCUT2D eigenvalue weighted by atomic mass is 10.1. The Labute approximate surface area is 137 Å². The molecule has 0 aliphatic rings. The molecule has 0 atom stereocenters. The predicted octanol–water partition coefficient (Wildman–Crippen LogP) is 3.82. The average Bonchev–Trinajstić information content (AvgIpc) is 2.44. The molecule has 0 saturated heterocycles. The molecule has 0 radical (unpaired) electrons. The van der Waals surface area contributed by atoms with Gasteiger partial charge in [-0.3, -0.25) is 4.79 Å². The number of carboxylic acid groups (broad SMARTS) is 1. The van der Waals surface area contributed by atoms with Crippen molar-refractivity contribution in [2.75, 3.05) is 33.8 Å². The number of carboxylic acids is 1. The van der Waals surface area contributed by atoms with E-state index in [1.165, 1.54) is 57.8 Å². The molecule has 0 aromatic heterocycles. The maximum Gasteiger partial charge on any atom is 0.303 e. The highest BCUT2D eigenvalue weighted by Gasteiger charge is 2.14. The Morgan fingerprint density at radius 1 is 0.727 bits per heavy atom. The highest BCUT2D eigenvalue weighted by atomic mass is 16.4. The Kier molecular flexibility index (Phi) is 13.6. The summed E-state index contributed by atoms with van der Waals surface area (Å²) < 4.78 is 0.943. The Balaban J connectivity index is 3.32. The van der Waals surface area contributed by atoms with Crippen molar-refractivity contribution in [2.24, 2.45) is 0 Å². The van der Waals surface area contributed by atoms with E-state index < -0.39 is 5.97 Å². The van der Waals surface area contributed by atoms with Crippen LogP contribution in [0, 0.1) is 0 Å². The van der Waals surface area contributed by atoms with Gasteiger partial charge >= 0.3 is 5.97 Å². The van der Waals surface area contributed by atoms with E-state index in [0.29, 0.717) is 13.0 Å². The van der Waals surface area contributed by atoms with Crippen LogP contribution in [0.25, 0.3) is 0 Å². The van der Waals surface area contributed by atoms with E-state index in [4.69, 9.17) is 10.2 Å². The minimum absolute atomic E-state index is 0.292. The molecule has 4 heteroatoms. The van der Waals surface area contributed by atoms with E-state index in [1.807, 2.05) is 0 Å². The molecular weight excluding hydrogens is 278 g/mol. The van der Waals surface area contributed by atoms with Gasteiger partial charge < -0.3 is 14.7 Å². The molecular formula is C18H38NO3+. The maximum atomic E-state index is 10.5. The van der Waals surface area contributed by atoms with E-state index in [0.717, 1.165) is 30.4 Å². The summed E-state index contributed by atoms with van der Waals surface area (Å²) in [6.45, 7) is 2.45. The Morgan fingerprint density at radius 3 is 1.59 bits per heavy atom. The first-order valence-corrected chi connectivity index (χ1v) is 9.12. The molecule has 0 rings (SSSR count). The normalized spacial score (nSPS) is 11.8. The van der Waals surface area contributed by atoms with Crippen LogP contribution < -0.4 is 0 Å². The van der Waals surface area contributed by atoms with Gasteiger partial charge in [0.15, 0.2) is 0 Å². The Bertz CT molecular complexity index is 267. The second-order valence-electron chi connectivity index (χ2n) is 7.14. The lowest BCUT2D eigenvalue weighted by Gasteiger charge is -2.29. The maximum absolute atomic E-state index is 10.5. The number of hydrogen-bond acceptors (Lipinski definition) is 2. The van der Waals surface area contributed by atoms with Crippen molar-refractivity contribution in [2.45, 2.75) is 77.0 Å². The SMILES string of the molecule is C[N+](C)(CCCCCCCCCCCCO)CCCC(=O)O. The third-order valence-electron chi connectivity index (χ3n) is 4.33. The zero-order valence-corrected chi connectivity index (χ0v) is 14.9. The van der Waals surface area contributed by atoms with E-state index in [9.17, 15) is 4.79 Å². The molecule has 0 heterocycles. The summed E-state index contributed by atoms with van der Waals surface area (Å²) in [5.41, 5.74) is 0. The predicted molar refractivity (Wildman–Crippen MR) is 92.0 cm³/mol. The van der Waals surface area contributed by atoms with Crippen molar-refractivity contribution >= 4 is 5.97 Å². The molecule has 4 nitrogen and oxygen atoms in total. The standard InChI is InChI=1S/C18H37NO3/c1-19(2,16-13-14-18(21)22)15-11-9-7-5-3-4-6-8-10-12-17-20/h20H,3-17H2,1-2H3/p+1. The van der Waals surface area contributed by atoms with Gasteiger partial charge in [0.05, 0.1) is 33.6 Å².